The highest BCUT2D eigenvalue weighted by Gasteiger charge is 2.19. The van der Waals surface area contributed by atoms with Gasteiger partial charge in [0, 0.05) is 25.2 Å². The molecule has 118 valence electrons. The molecule has 1 atom stereocenters. The van der Waals surface area contributed by atoms with Gasteiger partial charge in [0.05, 0.1) is 0 Å². The van der Waals surface area contributed by atoms with E-state index in [4.69, 9.17) is 0 Å². The van der Waals surface area contributed by atoms with Crippen LogP contribution in [0.3, 0.4) is 0 Å². The number of carbonyl (C=O) groups is 1. The number of rotatable bonds is 8. The average molecular weight is 293 g/mol. The summed E-state index contributed by atoms with van der Waals surface area (Å²) >= 11 is 0. The normalized spacial score (nSPS) is 11.9. The number of amides is 1. The molecule has 6 nitrogen and oxygen atoms in total. The first-order valence-electron chi connectivity index (χ1n) is 7.65. The van der Waals surface area contributed by atoms with Crippen molar-refractivity contribution in [1.82, 2.24) is 14.9 Å². The number of hydrogen-bond acceptors (Lipinski definition) is 5. The monoisotopic (exact) mass is 293 g/mol. The Labute approximate surface area is 127 Å². The van der Waals surface area contributed by atoms with Crippen molar-refractivity contribution in [3.05, 3.63) is 11.9 Å². The van der Waals surface area contributed by atoms with Gasteiger partial charge in [-0.15, -0.1) is 0 Å². The van der Waals surface area contributed by atoms with E-state index in [-0.39, 0.29) is 11.9 Å². The van der Waals surface area contributed by atoms with E-state index in [1.807, 2.05) is 32.6 Å². The molecule has 0 bridgehead atoms. The van der Waals surface area contributed by atoms with Crippen molar-refractivity contribution in [3.8, 4) is 0 Å². The number of hydrogen-bond donors (Lipinski definition) is 2. The van der Waals surface area contributed by atoms with Gasteiger partial charge in [0.25, 0.3) is 0 Å². The Bertz CT molecular complexity index is 459. The van der Waals surface area contributed by atoms with Crippen molar-refractivity contribution in [2.45, 2.75) is 47.1 Å². The van der Waals surface area contributed by atoms with Gasteiger partial charge in [0.15, 0.2) is 0 Å². The van der Waals surface area contributed by atoms with Crippen LogP contribution < -0.4 is 10.6 Å². The van der Waals surface area contributed by atoms with Crippen molar-refractivity contribution in [2.24, 2.45) is 0 Å². The average Bonchev–Trinajstić information content (AvgIpc) is 2.49. The van der Waals surface area contributed by atoms with Crippen LogP contribution in [0.15, 0.2) is 6.33 Å². The summed E-state index contributed by atoms with van der Waals surface area (Å²) in [5.41, 5.74) is 0.935. The Balaban J connectivity index is 2.80. The molecular formula is C15H27N5O. The van der Waals surface area contributed by atoms with Gasteiger partial charge in [-0.25, -0.2) is 9.97 Å². The third kappa shape index (κ3) is 4.58. The molecule has 1 heterocycles. The minimum absolute atomic E-state index is 0.0843. The summed E-state index contributed by atoms with van der Waals surface area (Å²) in [6.07, 6.45) is 2.55. The van der Waals surface area contributed by atoms with Crippen molar-refractivity contribution >= 4 is 17.5 Å². The van der Waals surface area contributed by atoms with E-state index in [2.05, 4.69) is 27.5 Å². The highest BCUT2D eigenvalue weighted by molar-refractivity contribution is 5.84. The lowest BCUT2D eigenvalue weighted by Crippen LogP contribution is -2.41. The van der Waals surface area contributed by atoms with Crippen LogP contribution in [-0.4, -0.2) is 46.5 Å². The maximum Gasteiger partial charge on any atom is 0.244 e. The summed E-state index contributed by atoms with van der Waals surface area (Å²) in [6, 6.07) is -0.308. The zero-order valence-corrected chi connectivity index (χ0v) is 13.7. The third-order valence-electron chi connectivity index (χ3n) is 3.43. The maximum atomic E-state index is 12.3. The number of nitrogens with one attached hydrogen (secondary N) is 2. The van der Waals surface area contributed by atoms with Crippen molar-refractivity contribution < 1.29 is 4.79 Å². The van der Waals surface area contributed by atoms with E-state index in [0.717, 1.165) is 24.3 Å². The SMILES string of the molecule is CCCNc1ncnc(NC(C)C(=O)N(CC)CC)c1C. The van der Waals surface area contributed by atoms with Gasteiger partial charge in [-0.2, -0.15) is 0 Å². The van der Waals surface area contributed by atoms with Crippen LogP contribution in [0.2, 0.25) is 0 Å². The molecule has 0 aliphatic carbocycles. The Morgan fingerprint density at radius 3 is 2.43 bits per heavy atom. The fourth-order valence-electron chi connectivity index (χ4n) is 2.09. The lowest BCUT2D eigenvalue weighted by atomic mass is 10.2. The molecular weight excluding hydrogens is 266 g/mol. The summed E-state index contributed by atoms with van der Waals surface area (Å²) in [5, 5.41) is 6.46. The van der Waals surface area contributed by atoms with E-state index in [1.54, 1.807) is 0 Å². The summed E-state index contributed by atoms with van der Waals surface area (Å²) in [6.45, 7) is 12.2. The van der Waals surface area contributed by atoms with E-state index in [1.165, 1.54) is 6.33 Å². The van der Waals surface area contributed by atoms with Crippen LogP contribution in [0.5, 0.6) is 0 Å². The van der Waals surface area contributed by atoms with Gasteiger partial charge in [0.1, 0.15) is 24.0 Å². The van der Waals surface area contributed by atoms with Gasteiger partial charge in [-0.05, 0) is 34.1 Å². The van der Waals surface area contributed by atoms with Gasteiger partial charge >= 0.3 is 0 Å². The highest BCUT2D eigenvalue weighted by Crippen LogP contribution is 2.19. The molecule has 1 amide bonds. The molecule has 0 aliphatic rings. The molecule has 6 heteroatoms. The molecule has 2 N–H and O–H groups in total. The lowest BCUT2D eigenvalue weighted by Gasteiger charge is -2.24. The minimum Gasteiger partial charge on any atom is -0.370 e. The first kappa shape index (κ1) is 17.2. The molecule has 1 aromatic rings. The minimum atomic E-state index is -0.308. The molecule has 0 fully saturated rings. The number of likely N-dealkylation sites (N-methyl/N-ethyl adjacent to an activating group) is 1. The van der Waals surface area contributed by atoms with Crippen molar-refractivity contribution in [2.75, 3.05) is 30.3 Å². The van der Waals surface area contributed by atoms with Crippen LogP contribution in [0.1, 0.15) is 39.7 Å². The topological polar surface area (TPSA) is 70.1 Å². The van der Waals surface area contributed by atoms with Gasteiger partial charge in [-0.1, -0.05) is 6.92 Å². The molecule has 0 aliphatic heterocycles. The Kier molecular flexibility index (Phi) is 6.91. The van der Waals surface area contributed by atoms with Gasteiger partial charge in [0.2, 0.25) is 5.91 Å². The predicted molar refractivity (Wildman–Crippen MR) is 86.6 cm³/mol. The van der Waals surface area contributed by atoms with Crippen LogP contribution in [0.25, 0.3) is 0 Å². The number of anilines is 2. The number of nitrogens with zero attached hydrogens (tertiary/aromatic N) is 3. The van der Waals surface area contributed by atoms with Crippen LogP contribution >= 0.6 is 0 Å². The largest absolute Gasteiger partial charge is 0.370 e. The van der Waals surface area contributed by atoms with Crippen LogP contribution in [-0.2, 0) is 4.79 Å². The Morgan fingerprint density at radius 1 is 1.24 bits per heavy atom. The van der Waals surface area contributed by atoms with Gasteiger partial charge in [-0.3, -0.25) is 4.79 Å². The second kappa shape index (κ2) is 8.44. The summed E-state index contributed by atoms with van der Waals surface area (Å²) in [7, 11) is 0. The maximum absolute atomic E-state index is 12.3. The molecule has 0 saturated carbocycles. The zero-order valence-electron chi connectivity index (χ0n) is 13.7. The predicted octanol–water partition coefficient (Wildman–Crippen LogP) is 2.28. The van der Waals surface area contributed by atoms with Gasteiger partial charge < -0.3 is 15.5 Å². The second-order valence-electron chi connectivity index (χ2n) is 5.00. The lowest BCUT2D eigenvalue weighted by molar-refractivity contribution is -0.131. The van der Waals surface area contributed by atoms with E-state index >= 15 is 0 Å². The highest BCUT2D eigenvalue weighted by atomic mass is 16.2. The smallest absolute Gasteiger partial charge is 0.244 e. The molecule has 1 unspecified atom stereocenters. The first-order valence-corrected chi connectivity index (χ1v) is 7.65. The molecule has 0 saturated heterocycles. The summed E-state index contributed by atoms with van der Waals surface area (Å²) in [5.74, 6) is 1.61. The molecule has 1 aromatic heterocycles. The van der Waals surface area contributed by atoms with E-state index in [0.29, 0.717) is 18.9 Å². The third-order valence-corrected chi connectivity index (χ3v) is 3.43. The quantitative estimate of drug-likeness (QED) is 0.769. The Morgan fingerprint density at radius 2 is 1.86 bits per heavy atom. The van der Waals surface area contributed by atoms with Crippen LogP contribution in [0.4, 0.5) is 11.6 Å². The molecule has 21 heavy (non-hydrogen) atoms. The molecule has 1 rings (SSSR count). The standard InChI is InChI=1S/C15H27N5O/c1-6-9-16-13-11(4)14(18-10-17-13)19-12(5)15(21)20(7-2)8-3/h10,12H,6-9H2,1-5H3,(H2,16,17,18,19). The van der Waals surface area contributed by atoms with Crippen molar-refractivity contribution in [1.29, 1.82) is 0 Å². The second-order valence-corrected chi connectivity index (χ2v) is 5.00. The molecule has 0 radical (unpaired) electrons. The van der Waals surface area contributed by atoms with Crippen molar-refractivity contribution in [3.63, 3.8) is 0 Å². The number of carbonyl (C=O) groups excluding carboxylic acids is 1. The fraction of sp³-hybridized carbons (Fsp3) is 0.667. The zero-order chi connectivity index (χ0) is 15.8. The Hall–Kier alpha value is -1.85. The number of aromatic nitrogens is 2. The van der Waals surface area contributed by atoms with E-state index in [9.17, 15) is 4.79 Å². The van der Waals surface area contributed by atoms with Crippen LogP contribution in [0, 0.1) is 6.92 Å². The molecule has 0 spiro atoms. The summed E-state index contributed by atoms with van der Waals surface area (Å²) in [4.78, 5) is 22.6. The summed E-state index contributed by atoms with van der Waals surface area (Å²) < 4.78 is 0. The first-order chi connectivity index (χ1) is 10.0. The molecule has 0 aromatic carbocycles. The fourth-order valence-corrected chi connectivity index (χ4v) is 2.09. The van der Waals surface area contributed by atoms with E-state index < -0.39 is 0 Å².